The molecule has 2 heteroatoms. The zero-order chi connectivity index (χ0) is 8.10. The maximum Gasteiger partial charge on any atom is 0.104 e. The van der Waals surface area contributed by atoms with E-state index in [1.807, 2.05) is 6.92 Å². The van der Waals surface area contributed by atoms with Gasteiger partial charge in [-0.25, -0.2) is 0 Å². The van der Waals surface area contributed by atoms with Crippen molar-refractivity contribution in [1.82, 2.24) is 5.32 Å². The topological polar surface area (TPSA) is 32.3 Å². The van der Waals surface area contributed by atoms with E-state index in [1.54, 1.807) is 0 Å². The lowest BCUT2D eigenvalue weighted by atomic mass is 9.95. The Kier molecular flexibility index (Phi) is 3.87. The van der Waals surface area contributed by atoms with Crippen molar-refractivity contribution in [2.24, 2.45) is 0 Å². The SMILES string of the molecule is CCC(O)NC1CCCCC1. The van der Waals surface area contributed by atoms with Crippen molar-refractivity contribution in [3.8, 4) is 0 Å². The first kappa shape index (κ1) is 9.01. The Labute approximate surface area is 69.0 Å². The fourth-order valence-electron chi connectivity index (χ4n) is 1.66. The maximum absolute atomic E-state index is 9.30. The van der Waals surface area contributed by atoms with Crippen LogP contribution in [-0.4, -0.2) is 17.4 Å². The van der Waals surface area contributed by atoms with Gasteiger partial charge in [0.05, 0.1) is 0 Å². The third kappa shape index (κ3) is 3.21. The number of aliphatic hydroxyl groups is 1. The van der Waals surface area contributed by atoms with Crippen LogP contribution in [0.15, 0.2) is 0 Å². The monoisotopic (exact) mass is 157 g/mol. The van der Waals surface area contributed by atoms with Crippen LogP contribution in [0, 0.1) is 0 Å². The number of hydrogen-bond donors (Lipinski definition) is 2. The quantitative estimate of drug-likeness (QED) is 0.610. The van der Waals surface area contributed by atoms with E-state index in [9.17, 15) is 5.11 Å². The van der Waals surface area contributed by atoms with E-state index in [1.165, 1.54) is 32.1 Å². The third-order valence-electron chi connectivity index (χ3n) is 2.42. The van der Waals surface area contributed by atoms with Gasteiger partial charge in [0.15, 0.2) is 0 Å². The molecule has 66 valence electrons. The molecule has 0 amide bonds. The van der Waals surface area contributed by atoms with Gasteiger partial charge in [0.25, 0.3) is 0 Å². The molecule has 2 N–H and O–H groups in total. The van der Waals surface area contributed by atoms with Crippen molar-refractivity contribution in [2.45, 2.75) is 57.7 Å². The number of hydrogen-bond acceptors (Lipinski definition) is 2. The van der Waals surface area contributed by atoms with Crippen molar-refractivity contribution in [1.29, 1.82) is 0 Å². The molecule has 0 radical (unpaired) electrons. The Morgan fingerprint density at radius 3 is 2.55 bits per heavy atom. The van der Waals surface area contributed by atoms with Gasteiger partial charge in [-0.05, 0) is 19.3 Å². The molecule has 0 aromatic rings. The maximum atomic E-state index is 9.30. The van der Waals surface area contributed by atoms with E-state index >= 15 is 0 Å². The van der Waals surface area contributed by atoms with Crippen LogP contribution >= 0.6 is 0 Å². The van der Waals surface area contributed by atoms with Crippen LogP contribution in [-0.2, 0) is 0 Å². The van der Waals surface area contributed by atoms with Gasteiger partial charge >= 0.3 is 0 Å². The highest BCUT2D eigenvalue weighted by Crippen LogP contribution is 2.17. The average molecular weight is 157 g/mol. The Hall–Kier alpha value is -0.0800. The second-order valence-electron chi connectivity index (χ2n) is 3.43. The minimum Gasteiger partial charge on any atom is -0.379 e. The highest BCUT2D eigenvalue weighted by molar-refractivity contribution is 4.72. The predicted molar refractivity (Wildman–Crippen MR) is 46.3 cm³/mol. The molecule has 1 atom stereocenters. The molecule has 1 rings (SSSR count). The molecule has 2 nitrogen and oxygen atoms in total. The highest BCUT2D eigenvalue weighted by Gasteiger charge is 2.14. The zero-order valence-electron chi connectivity index (χ0n) is 7.34. The van der Waals surface area contributed by atoms with Gasteiger partial charge in [-0.3, -0.25) is 5.32 Å². The molecule has 0 aliphatic heterocycles. The summed E-state index contributed by atoms with van der Waals surface area (Å²) >= 11 is 0. The van der Waals surface area contributed by atoms with Crippen molar-refractivity contribution < 1.29 is 5.11 Å². The summed E-state index contributed by atoms with van der Waals surface area (Å²) in [6.45, 7) is 2.00. The van der Waals surface area contributed by atoms with Gasteiger partial charge in [0, 0.05) is 6.04 Å². The molecule has 1 fully saturated rings. The van der Waals surface area contributed by atoms with Gasteiger partial charge in [-0.15, -0.1) is 0 Å². The predicted octanol–water partition coefficient (Wildman–Crippen LogP) is 1.64. The Balaban J connectivity index is 2.13. The summed E-state index contributed by atoms with van der Waals surface area (Å²) in [4.78, 5) is 0. The van der Waals surface area contributed by atoms with E-state index in [4.69, 9.17) is 0 Å². The normalized spacial score (nSPS) is 23.5. The van der Waals surface area contributed by atoms with E-state index in [0.29, 0.717) is 6.04 Å². The summed E-state index contributed by atoms with van der Waals surface area (Å²) in [6, 6.07) is 0.582. The van der Waals surface area contributed by atoms with Gasteiger partial charge in [0.2, 0.25) is 0 Å². The molecule has 0 aromatic heterocycles. The second kappa shape index (κ2) is 4.73. The molecule has 1 aliphatic carbocycles. The minimum absolute atomic E-state index is 0.280. The first-order chi connectivity index (χ1) is 5.33. The molecule has 11 heavy (non-hydrogen) atoms. The Morgan fingerprint density at radius 2 is 2.00 bits per heavy atom. The van der Waals surface area contributed by atoms with E-state index < -0.39 is 0 Å². The standard InChI is InChI=1S/C9H19NO/c1-2-9(11)10-8-6-4-3-5-7-8/h8-11H,2-7H2,1H3. The summed E-state index contributed by atoms with van der Waals surface area (Å²) in [5.74, 6) is 0. The Morgan fingerprint density at radius 1 is 1.36 bits per heavy atom. The van der Waals surface area contributed by atoms with Crippen LogP contribution in [0.4, 0.5) is 0 Å². The van der Waals surface area contributed by atoms with Crippen molar-refractivity contribution >= 4 is 0 Å². The fraction of sp³-hybridized carbons (Fsp3) is 1.00. The molecule has 0 saturated heterocycles. The van der Waals surface area contributed by atoms with E-state index in [2.05, 4.69) is 5.32 Å². The van der Waals surface area contributed by atoms with Gasteiger partial charge in [0.1, 0.15) is 6.23 Å². The largest absolute Gasteiger partial charge is 0.379 e. The number of aliphatic hydroxyl groups excluding tert-OH is 1. The van der Waals surface area contributed by atoms with Crippen LogP contribution < -0.4 is 5.32 Å². The van der Waals surface area contributed by atoms with E-state index in [-0.39, 0.29) is 6.23 Å². The molecule has 0 heterocycles. The molecular weight excluding hydrogens is 138 g/mol. The third-order valence-corrected chi connectivity index (χ3v) is 2.42. The molecule has 0 aromatic carbocycles. The summed E-state index contributed by atoms with van der Waals surface area (Å²) in [5.41, 5.74) is 0. The molecular formula is C9H19NO. The molecule has 1 aliphatic rings. The lowest BCUT2D eigenvalue weighted by Crippen LogP contribution is -2.38. The summed E-state index contributed by atoms with van der Waals surface area (Å²) < 4.78 is 0. The highest BCUT2D eigenvalue weighted by atomic mass is 16.3. The number of rotatable bonds is 3. The lowest BCUT2D eigenvalue weighted by molar-refractivity contribution is 0.109. The van der Waals surface area contributed by atoms with Crippen LogP contribution in [0.1, 0.15) is 45.4 Å². The fourth-order valence-corrected chi connectivity index (χ4v) is 1.66. The second-order valence-corrected chi connectivity index (χ2v) is 3.43. The smallest absolute Gasteiger partial charge is 0.104 e. The van der Waals surface area contributed by atoms with Crippen LogP contribution in [0.25, 0.3) is 0 Å². The average Bonchev–Trinajstić information content (AvgIpc) is 2.06. The van der Waals surface area contributed by atoms with Crippen molar-refractivity contribution in [2.75, 3.05) is 0 Å². The minimum atomic E-state index is -0.280. The van der Waals surface area contributed by atoms with E-state index in [0.717, 1.165) is 6.42 Å². The number of nitrogens with one attached hydrogen (secondary N) is 1. The van der Waals surface area contributed by atoms with Gasteiger partial charge < -0.3 is 5.11 Å². The van der Waals surface area contributed by atoms with Crippen LogP contribution in [0.3, 0.4) is 0 Å². The van der Waals surface area contributed by atoms with Gasteiger partial charge in [-0.2, -0.15) is 0 Å². The lowest BCUT2D eigenvalue weighted by Gasteiger charge is -2.25. The zero-order valence-corrected chi connectivity index (χ0v) is 7.34. The first-order valence-corrected chi connectivity index (χ1v) is 4.77. The summed E-state index contributed by atoms with van der Waals surface area (Å²) in [5, 5.41) is 12.5. The molecule has 1 unspecified atom stereocenters. The summed E-state index contributed by atoms with van der Waals surface area (Å²) in [7, 11) is 0. The van der Waals surface area contributed by atoms with Crippen LogP contribution in [0.5, 0.6) is 0 Å². The first-order valence-electron chi connectivity index (χ1n) is 4.77. The summed E-state index contributed by atoms with van der Waals surface area (Å²) in [6.07, 6.45) is 7.06. The van der Waals surface area contributed by atoms with Crippen molar-refractivity contribution in [3.05, 3.63) is 0 Å². The molecule has 1 saturated carbocycles. The van der Waals surface area contributed by atoms with Crippen LogP contribution in [0.2, 0.25) is 0 Å². The van der Waals surface area contributed by atoms with Gasteiger partial charge in [-0.1, -0.05) is 26.2 Å². The van der Waals surface area contributed by atoms with Crippen molar-refractivity contribution in [3.63, 3.8) is 0 Å². The molecule has 0 spiro atoms. The Bertz CT molecular complexity index is 99.7. The molecule has 0 bridgehead atoms.